The lowest BCUT2D eigenvalue weighted by Gasteiger charge is -2.25. The van der Waals surface area contributed by atoms with Gasteiger partial charge in [0.05, 0.1) is 23.6 Å². The third kappa shape index (κ3) is 4.15. The minimum atomic E-state index is -0.684. The van der Waals surface area contributed by atoms with Crippen molar-refractivity contribution in [1.82, 2.24) is 14.9 Å². The number of halogens is 1. The Bertz CT molecular complexity index is 1410. The molecule has 1 fully saturated rings. The molecule has 1 aromatic heterocycles. The Labute approximate surface area is 196 Å². The van der Waals surface area contributed by atoms with Crippen molar-refractivity contribution < 1.29 is 14.2 Å². The van der Waals surface area contributed by atoms with Gasteiger partial charge in [0.2, 0.25) is 0 Å². The summed E-state index contributed by atoms with van der Waals surface area (Å²) in [4.78, 5) is 18.8. The Kier molecular flexibility index (Phi) is 6.02. The van der Waals surface area contributed by atoms with E-state index >= 15 is 0 Å². The topological polar surface area (TPSA) is 76.4 Å². The van der Waals surface area contributed by atoms with Crippen molar-refractivity contribution in [3.8, 4) is 34.0 Å². The molecule has 0 radical (unpaired) electrons. The van der Waals surface area contributed by atoms with Gasteiger partial charge in [-0.15, -0.1) is 0 Å². The number of hydrogen-bond acceptors (Lipinski definition) is 5. The van der Waals surface area contributed by atoms with E-state index in [0.29, 0.717) is 46.1 Å². The molecule has 2 heterocycles. The van der Waals surface area contributed by atoms with Crippen LogP contribution < -0.4 is 15.6 Å². The Hall–Kier alpha value is -3.71. The van der Waals surface area contributed by atoms with Gasteiger partial charge in [-0.05, 0) is 79.4 Å². The van der Waals surface area contributed by atoms with Crippen molar-refractivity contribution in [2.75, 3.05) is 20.2 Å². The van der Waals surface area contributed by atoms with Crippen LogP contribution in [0.2, 0.25) is 0 Å². The zero-order valence-electron chi connectivity index (χ0n) is 18.9. The SMILES string of the molecule is COc1ccccc1-c1nc2ccc(-c3ccc(F)c(O)c3)cc2c(=O)n1CC1CCCNC1. The molecule has 1 atom stereocenters. The van der Waals surface area contributed by atoms with Crippen molar-refractivity contribution >= 4 is 10.9 Å². The lowest BCUT2D eigenvalue weighted by atomic mass is 9.99. The fraction of sp³-hybridized carbons (Fsp3) is 0.259. The highest BCUT2D eigenvalue weighted by Crippen LogP contribution is 2.31. The minimum Gasteiger partial charge on any atom is -0.505 e. The van der Waals surface area contributed by atoms with E-state index in [1.807, 2.05) is 30.3 Å². The van der Waals surface area contributed by atoms with Crippen LogP contribution in [0.25, 0.3) is 33.4 Å². The zero-order valence-corrected chi connectivity index (χ0v) is 18.9. The van der Waals surface area contributed by atoms with E-state index in [-0.39, 0.29) is 5.56 Å². The van der Waals surface area contributed by atoms with Crippen LogP contribution in [-0.4, -0.2) is 34.9 Å². The van der Waals surface area contributed by atoms with E-state index in [9.17, 15) is 14.3 Å². The predicted molar refractivity (Wildman–Crippen MR) is 131 cm³/mol. The van der Waals surface area contributed by atoms with Gasteiger partial charge in [0.15, 0.2) is 11.6 Å². The summed E-state index contributed by atoms with van der Waals surface area (Å²) >= 11 is 0. The number of nitrogens with one attached hydrogen (secondary N) is 1. The predicted octanol–water partition coefficient (Wildman–Crippen LogP) is 4.58. The molecule has 2 N–H and O–H groups in total. The largest absolute Gasteiger partial charge is 0.505 e. The van der Waals surface area contributed by atoms with Gasteiger partial charge >= 0.3 is 0 Å². The van der Waals surface area contributed by atoms with Crippen molar-refractivity contribution in [2.24, 2.45) is 5.92 Å². The Balaban J connectivity index is 1.70. The summed E-state index contributed by atoms with van der Waals surface area (Å²) in [5, 5.41) is 13.7. The van der Waals surface area contributed by atoms with Gasteiger partial charge in [-0.1, -0.05) is 24.3 Å². The standard InChI is InChI=1S/C27H26FN3O3/c1-34-25-7-3-2-6-20(25)26-30-23-11-9-18(19-8-10-22(28)24(32)14-19)13-21(23)27(33)31(26)16-17-5-4-12-29-15-17/h2-3,6-11,13-14,17,29,32H,4-5,12,15-16H2,1H3. The second kappa shape index (κ2) is 9.27. The highest BCUT2D eigenvalue weighted by atomic mass is 19.1. The number of methoxy groups -OCH3 is 1. The molecule has 3 aromatic carbocycles. The monoisotopic (exact) mass is 459 g/mol. The smallest absolute Gasteiger partial charge is 0.261 e. The van der Waals surface area contributed by atoms with E-state index in [1.54, 1.807) is 29.9 Å². The molecule has 7 heteroatoms. The molecule has 34 heavy (non-hydrogen) atoms. The first-order valence-electron chi connectivity index (χ1n) is 11.4. The maximum Gasteiger partial charge on any atom is 0.261 e. The summed E-state index contributed by atoms with van der Waals surface area (Å²) in [5.41, 5.74) is 2.53. The molecule has 174 valence electrons. The van der Waals surface area contributed by atoms with Gasteiger partial charge in [0, 0.05) is 6.54 Å². The van der Waals surface area contributed by atoms with Gasteiger partial charge in [-0.3, -0.25) is 9.36 Å². The summed E-state index contributed by atoms with van der Waals surface area (Å²) in [7, 11) is 1.61. The highest BCUT2D eigenvalue weighted by molar-refractivity contribution is 5.85. The summed E-state index contributed by atoms with van der Waals surface area (Å²) < 4.78 is 20.9. The number of benzene rings is 3. The lowest BCUT2D eigenvalue weighted by Crippen LogP contribution is -2.35. The molecular weight excluding hydrogens is 433 g/mol. The van der Waals surface area contributed by atoms with Crippen molar-refractivity contribution in [1.29, 1.82) is 0 Å². The number of para-hydroxylation sites is 1. The first kappa shape index (κ1) is 22.1. The number of aromatic hydroxyl groups is 1. The van der Waals surface area contributed by atoms with Crippen LogP contribution in [-0.2, 0) is 6.54 Å². The Morgan fingerprint density at radius 1 is 1.15 bits per heavy atom. The molecular formula is C27H26FN3O3. The number of nitrogens with zero attached hydrogens (tertiary/aromatic N) is 2. The quantitative estimate of drug-likeness (QED) is 0.457. The molecule has 1 aliphatic heterocycles. The molecule has 6 nitrogen and oxygen atoms in total. The van der Waals surface area contributed by atoms with Crippen LogP contribution in [0.1, 0.15) is 12.8 Å². The molecule has 0 aliphatic carbocycles. The van der Waals surface area contributed by atoms with Crippen LogP contribution in [0.15, 0.2) is 65.5 Å². The van der Waals surface area contributed by atoms with Gasteiger partial charge in [-0.25, -0.2) is 9.37 Å². The summed E-state index contributed by atoms with van der Waals surface area (Å²) in [6.45, 7) is 2.39. The van der Waals surface area contributed by atoms with Crippen LogP contribution in [0.3, 0.4) is 0 Å². The first-order chi connectivity index (χ1) is 16.5. The van der Waals surface area contributed by atoms with E-state index in [1.165, 1.54) is 12.1 Å². The normalized spacial score (nSPS) is 16.0. The van der Waals surface area contributed by atoms with Crippen LogP contribution in [0, 0.1) is 11.7 Å². The number of piperidine rings is 1. The molecule has 0 amide bonds. The van der Waals surface area contributed by atoms with Crippen molar-refractivity contribution in [3.63, 3.8) is 0 Å². The van der Waals surface area contributed by atoms with Gasteiger partial charge in [0.1, 0.15) is 11.6 Å². The van der Waals surface area contributed by atoms with E-state index in [0.717, 1.165) is 31.5 Å². The average Bonchev–Trinajstić information content (AvgIpc) is 2.87. The Morgan fingerprint density at radius 3 is 2.71 bits per heavy atom. The number of hydrogen-bond donors (Lipinski definition) is 2. The van der Waals surface area contributed by atoms with E-state index in [2.05, 4.69) is 5.32 Å². The van der Waals surface area contributed by atoms with Crippen molar-refractivity contribution in [3.05, 3.63) is 76.8 Å². The second-order valence-corrected chi connectivity index (χ2v) is 8.66. The number of phenols is 1. The van der Waals surface area contributed by atoms with Gasteiger partial charge in [0.25, 0.3) is 5.56 Å². The molecule has 1 unspecified atom stereocenters. The lowest BCUT2D eigenvalue weighted by molar-refractivity contribution is 0.334. The zero-order chi connectivity index (χ0) is 23.7. The van der Waals surface area contributed by atoms with Crippen LogP contribution in [0.5, 0.6) is 11.5 Å². The second-order valence-electron chi connectivity index (χ2n) is 8.66. The maximum atomic E-state index is 13.9. The van der Waals surface area contributed by atoms with E-state index < -0.39 is 11.6 Å². The number of fused-ring (bicyclic) bond motifs is 1. The first-order valence-corrected chi connectivity index (χ1v) is 11.4. The molecule has 0 saturated carbocycles. The molecule has 5 rings (SSSR count). The Morgan fingerprint density at radius 2 is 1.94 bits per heavy atom. The highest BCUT2D eigenvalue weighted by Gasteiger charge is 2.21. The van der Waals surface area contributed by atoms with Gasteiger partial charge < -0.3 is 15.2 Å². The maximum absolute atomic E-state index is 13.9. The molecule has 1 aliphatic rings. The molecule has 0 bridgehead atoms. The summed E-state index contributed by atoms with van der Waals surface area (Å²) in [6.07, 6.45) is 2.11. The molecule has 1 saturated heterocycles. The number of phenolic OH excluding ortho intramolecular Hbond substituents is 1. The number of aromatic nitrogens is 2. The fourth-order valence-electron chi connectivity index (χ4n) is 4.64. The summed E-state index contributed by atoms with van der Waals surface area (Å²) in [6, 6.07) is 17.1. The number of ether oxygens (including phenoxy) is 1. The van der Waals surface area contributed by atoms with Crippen molar-refractivity contribution in [2.45, 2.75) is 19.4 Å². The molecule has 0 spiro atoms. The summed E-state index contributed by atoms with van der Waals surface area (Å²) in [5.74, 6) is 0.437. The molecule has 4 aromatic rings. The van der Waals surface area contributed by atoms with Gasteiger partial charge in [-0.2, -0.15) is 0 Å². The fourth-order valence-corrected chi connectivity index (χ4v) is 4.64. The van der Waals surface area contributed by atoms with Crippen LogP contribution in [0.4, 0.5) is 4.39 Å². The number of rotatable bonds is 5. The van der Waals surface area contributed by atoms with Crippen LogP contribution >= 0.6 is 0 Å². The third-order valence-corrected chi connectivity index (χ3v) is 6.42. The third-order valence-electron chi connectivity index (χ3n) is 6.42. The average molecular weight is 460 g/mol. The minimum absolute atomic E-state index is 0.135. The van der Waals surface area contributed by atoms with E-state index in [4.69, 9.17) is 9.72 Å².